The molecule has 0 unspecified atom stereocenters. The highest BCUT2D eigenvalue weighted by Crippen LogP contribution is 2.33. The van der Waals surface area contributed by atoms with Gasteiger partial charge in [0, 0.05) is 37.8 Å². The van der Waals surface area contributed by atoms with E-state index >= 15 is 0 Å². The second-order valence-corrected chi connectivity index (χ2v) is 8.56. The first-order chi connectivity index (χ1) is 15.6. The Hall–Kier alpha value is -3.55. The number of fused-ring (bicyclic) bond motifs is 2. The maximum absolute atomic E-state index is 13.0. The number of rotatable bonds is 3. The van der Waals surface area contributed by atoms with E-state index in [2.05, 4.69) is 15.4 Å². The minimum atomic E-state index is -0.293. The van der Waals surface area contributed by atoms with Gasteiger partial charge in [0.15, 0.2) is 0 Å². The number of benzene rings is 2. The second-order valence-electron chi connectivity index (χ2n) is 8.56. The number of H-pyrrole nitrogens is 1. The Balaban J connectivity index is 1.19. The molecular weight excluding hydrogens is 409 g/mol. The van der Waals surface area contributed by atoms with Crippen LogP contribution < -0.4 is 0 Å². The maximum atomic E-state index is 13.0. The zero-order valence-electron chi connectivity index (χ0n) is 17.6. The molecule has 3 aromatic rings. The molecule has 2 atom stereocenters. The largest absolute Gasteiger partial charge is 0.339 e. The van der Waals surface area contributed by atoms with E-state index in [0.717, 1.165) is 23.9 Å². The van der Waals surface area contributed by atoms with Crippen LogP contribution >= 0.6 is 0 Å². The summed E-state index contributed by atoms with van der Waals surface area (Å²) in [5.41, 5.74) is 2.92. The van der Waals surface area contributed by atoms with Crippen molar-refractivity contribution >= 4 is 28.9 Å². The summed E-state index contributed by atoms with van der Waals surface area (Å²) in [4.78, 5) is 29.5. The average molecular weight is 433 g/mol. The van der Waals surface area contributed by atoms with Gasteiger partial charge in [-0.2, -0.15) is 0 Å². The van der Waals surface area contributed by atoms with Crippen molar-refractivity contribution in [2.45, 2.75) is 12.8 Å². The number of aromatic nitrogens is 3. The first kappa shape index (κ1) is 20.4. The SMILES string of the molecule is O=C(C=Cc1ccc(F)cc1)N1CC[C@@H]2CN(C(=O)c3ccc4[nH]nnc4c3)C[C@@H]2CC1. The molecule has 2 aromatic carbocycles. The molecule has 2 amide bonds. The van der Waals surface area contributed by atoms with Crippen LogP contribution in [0.25, 0.3) is 17.1 Å². The smallest absolute Gasteiger partial charge is 0.253 e. The summed E-state index contributed by atoms with van der Waals surface area (Å²) in [6, 6.07) is 11.5. The van der Waals surface area contributed by atoms with Crippen LogP contribution in [0.1, 0.15) is 28.8 Å². The Morgan fingerprint density at radius 2 is 1.72 bits per heavy atom. The van der Waals surface area contributed by atoms with Gasteiger partial charge in [-0.15, -0.1) is 5.10 Å². The Kier molecular flexibility index (Phi) is 5.43. The number of aromatic amines is 1. The number of likely N-dealkylation sites (tertiary alicyclic amines) is 2. The van der Waals surface area contributed by atoms with Crippen molar-refractivity contribution in [1.29, 1.82) is 0 Å². The van der Waals surface area contributed by atoms with Crippen LogP contribution in [-0.4, -0.2) is 63.2 Å². The monoisotopic (exact) mass is 433 g/mol. The van der Waals surface area contributed by atoms with Crippen LogP contribution in [0.5, 0.6) is 0 Å². The summed E-state index contributed by atoms with van der Waals surface area (Å²) in [7, 11) is 0. The molecule has 0 bridgehead atoms. The minimum Gasteiger partial charge on any atom is -0.339 e. The lowest BCUT2D eigenvalue weighted by molar-refractivity contribution is -0.126. The summed E-state index contributed by atoms with van der Waals surface area (Å²) in [5, 5.41) is 10.6. The van der Waals surface area contributed by atoms with Crippen molar-refractivity contribution in [1.82, 2.24) is 25.2 Å². The second kappa shape index (κ2) is 8.53. The van der Waals surface area contributed by atoms with Crippen LogP contribution in [0.3, 0.4) is 0 Å². The summed E-state index contributed by atoms with van der Waals surface area (Å²) in [6.45, 7) is 2.79. The summed E-state index contributed by atoms with van der Waals surface area (Å²) in [5.74, 6) is 0.502. The molecule has 0 spiro atoms. The highest BCUT2D eigenvalue weighted by Gasteiger charge is 2.37. The van der Waals surface area contributed by atoms with Gasteiger partial charge in [0.05, 0.1) is 5.52 Å². The third kappa shape index (κ3) is 4.12. The molecular formula is C24H24FN5O2. The number of amides is 2. The van der Waals surface area contributed by atoms with E-state index in [1.807, 2.05) is 21.9 Å². The van der Waals surface area contributed by atoms with E-state index in [1.54, 1.807) is 30.4 Å². The van der Waals surface area contributed by atoms with Crippen molar-refractivity contribution in [3.63, 3.8) is 0 Å². The molecule has 1 aromatic heterocycles. The number of nitrogens with one attached hydrogen (secondary N) is 1. The Morgan fingerprint density at radius 3 is 2.44 bits per heavy atom. The summed E-state index contributed by atoms with van der Waals surface area (Å²) in [6.07, 6.45) is 5.05. The van der Waals surface area contributed by atoms with E-state index in [9.17, 15) is 14.0 Å². The molecule has 164 valence electrons. The summed E-state index contributed by atoms with van der Waals surface area (Å²) < 4.78 is 13.0. The van der Waals surface area contributed by atoms with Gasteiger partial charge in [-0.05, 0) is 66.6 Å². The topological polar surface area (TPSA) is 82.2 Å². The zero-order valence-corrected chi connectivity index (χ0v) is 17.6. The van der Waals surface area contributed by atoms with Gasteiger partial charge in [-0.25, -0.2) is 4.39 Å². The fourth-order valence-corrected chi connectivity index (χ4v) is 4.74. The maximum Gasteiger partial charge on any atom is 0.253 e. The van der Waals surface area contributed by atoms with Gasteiger partial charge in [0.2, 0.25) is 5.91 Å². The zero-order chi connectivity index (χ0) is 22.1. The standard InChI is InChI=1S/C24H24FN5O2/c25-20-5-1-16(2-6-20)3-8-23(31)29-11-9-18-14-30(15-19(18)10-12-29)24(32)17-4-7-21-22(13-17)27-28-26-21/h1-8,13,18-19H,9-12,14-15H2,(H,26,27,28)/t18-,19+. The van der Waals surface area contributed by atoms with Gasteiger partial charge in [-0.3, -0.25) is 14.7 Å². The van der Waals surface area contributed by atoms with Gasteiger partial charge >= 0.3 is 0 Å². The fourth-order valence-electron chi connectivity index (χ4n) is 4.74. The number of hydrogen-bond donors (Lipinski definition) is 1. The van der Waals surface area contributed by atoms with E-state index in [0.29, 0.717) is 49.1 Å². The highest BCUT2D eigenvalue weighted by molar-refractivity contribution is 5.97. The van der Waals surface area contributed by atoms with E-state index < -0.39 is 0 Å². The van der Waals surface area contributed by atoms with Crippen molar-refractivity contribution in [3.8, 4) is 0 Å². The highest BCUT2D eigenvalue weighted by atomic mass is 19.1. The molecule has 2 fully saturated rings. The lowest BCUT2D eigenvalue weighted by Gasteiger charge is -2.21. The lowest BCUT2D eigenvalue weighted by atomic mass is 9.92. The van der Waals surface area contributed by atoms with Crippen LogP contribution in [0.2, 0.25) is 0 Å². The van der Waals surface area contributed by atoms with Crippen LogP contribution in [0.4, 0.5) is 4.39 Å². The van der Waals surface area contributed by atoms with E-state index in [1.165, 1.54) is 12.1 Å². The van der Waals surface area contributed by atoms with Crippen LogP contribution in [0.15, 0.2) is 48.5 Å². The molecule has 32 heavy (non-hydrogen) atoms. The Bertz CT molecular complexity index is 1160. The van der Waals surface area contributed by atoms with Gasteiger partial charge in [0.25, 0.3) is 5.91 Å². The summed E-state index contributed by atoms with van der Waals surface area (Å²) >= 11 is 0. The van der Waals surface area contributed by atoms with Crippen molar-refractivity contribution in [3.05, 3.63) is 65.5 Å². The molecule has 0 aliphatic carbocycles. The Labute approximate surface area is 184 Å². The minimum absolute atomic E-state index is 0.0249. The molecule has 2 saturated heterocycles. The van der Waals surface area contributed by atoms with Crippen molar-refractivity contribution < 1.29 is 14.0 Å². The number of carbonyl (C=O) groups is 2. The lowest BCUT2D eigenvalue weighted by Crippen LogP contribution is -2.33. The third-order valence-corrected chi connectivity index (χ3v) is 6.58. The quantitative estimate of drug-likeness (QED) is 0.644. The predicted octanol–water partition coefficient (Wildman–Crippen LogP) is 3.12. The van der Waals surface area contributed by atoms with Gasteiger partial charge < -0.3 is 9.80 Å². The molecule has 0 radical (unpaired) electrons. The molecule has 2 aliphatic heterocycles. The molecule has 2 aliphatic rings. The predicted molar refractivity (Wildman–Crippen MR) is 118 cm³/mol. The number of halogens is 1. The van der Waals surface area contributed by atoms with Gasteiger partial charge in [0.1, 0.15) is 11.3 Å². The van der Waals surface area contributed by atoms with Crippen LogP contribution in [-0.2, 0) is 4.79 Å². The molecule has 7 nitrogen and oxygen atoms in total. The first-order valence-electron chi connectivity index (χ1n) is 10.9. The van der Waals surface area contributed by atoms with E-state index in [4.69, 9.17) is 0 Å². The molecule has 8 heteroatoms. The number of hydrogen-bond acceptors (Lipinski definition) is 4. The first-order valence-corrected chi connectivity index (χ1v) is 10.9. The fraction of sp³-hybridized carbons (Fsp3) is 0.333. The molecule has 3 heterocycles. The number of nitrogens with zero attached hydrogens (tertiary/aromatic N) is 4. The number of carbonyl (C=O) groups excluding carboxylic acids is 2. The molecule has 5 rings (SSSR count). The molecule has 1 N–H and O–H groups in total. The van der Waals surface area contributed by atoms with Crippen molar-refractivity contribution in [2.24, 2.45) is 11.8 Å². The van der Waals surface area contributed by atoms with Crippen LogP contribution in [0, 0.1) is 17.7 Å². The Morgan fingerprint density at radius 1 is 1.00 bits per heavy atom. The van der Waals surface area contributed by atoms with Gasteiger partial charge in [-0.1, -0.05) is 17.3 Å². The van der Waals surface area contributed by atoms with E-state index in [-0.39, 0.29) is 17.6 Å². The third-order valence-electron chi connectivity index (χ3n) is 6.58. The van der Waals surface area contributed by atoms with Crippen molar-refractivity contribution in [2.75, 3.05) is 26.2 Å². The average Bonchev–Trinajstić information content (AvgIpc) is 3.40. The molecule has 0 saturated carbocycles. The normalized spacial score (nSPS) is 21.2.